The van der Waals surface area contributed by atoms with Crippen molar-refractivity contribution in [1.29, 1.82) is 0 Å². The van der Waals surface area contributed by atoms with Crippen molar-refractivity contribution in [2.45, 2.75) is 32.7 Å². The van der Waals surface area contributed by atoms with Crippen LogP contribution >= 0.6 is 0 Å². The Kier molecular flexibility index (Phi) is 5.00. The summed E-state index contributed by atoms with van der Waals surface area (Å²) in [5.41, 5.74) is 0.913. The van der Waals surface area contributed by atoms with Crippen molar-refractivity contribution in [2.24, 2.45) is 0 Å². The second kappa shape index (κ2) is 7.90. The molecule has 0 aliphatic carbocycles. The maximum Gasteiger partial charge on any atom is 0.276 e. The largest absolute Gasteiger partial charge is 0.482 e. The first kappa shape index (κ1) is 21.5. The third kappa shape index (κ3) is 3.93. The first-order valence-corrected chi connectivity index (χ1v) is 10.4. The van der Waals surface area contributed by atoms with Crippen molar-refractivity contribution in [1.82, 2.24) is 30.1 Å². The van der Waals surface area contributed by atoms with Crippen LogP contribution in [0.1, 0.15) is 42.6 Å². The van der Waals surface area contributed by atoms with E-state index in [1.807, 2.05) is 20.8 Å². The van der Waals surface area contributed by atoms with E-state index in [4.69, 9.17) is 9.26 Å². The Balaban J connectivity index is 1.43. The maximum absolute atomic E-state index is 14.3. The minimum Gasteiger partial charge on any atom is -0.482 e. The molecule has 3 aromatic heterocycles. The first-order valence-electron chi connectivity index (χ1n) is 10.4. The molecule has 1 aliphatic rings. The molecule has 0 saturated heterocycles. The zero-order valence-corrected chi connectivity index (χ0v) is 18.5. The van der Waals surface area contributed by atoms with E-state index in [-0.39, 0.29) is 47.4 Å². The number of benzene rings is 1. The molecule has 174 valence electrons. The minimum atomic E-state index is -0.697. The van der Waals surface area contributed by atoms with Gasteiger partial charge in [-0.25, -0.2) is 13.9 Å². The SMILES string of the molecule is CC(C)(C)c1noc(-c2cc(C(=O)NCc3ccc4c(c3)NC(=O)CO4)nc3c(F)cnn23)n1. The highest BCUT2D eigenvalue weighted by molar-refractivity contribution is 5.95. The van der Waals surface area contributed by atoms with E-state index in [0.29, 0.717) is 17.3 Å². The molecule has 5 rings (SSSR count). The number of rotatable bonds is 4. The van der Waals surface area contributed by atoms with Crippen LogP contribution < -0.4 is 15.4 Å². The van der Waals surface area contributed by atoms with Gasteiger partial charge in [-0.05, 0) is 17.7 Å². The summed E-state index contributed by atoms with van der Waals surface area (Å²) in [6, 6.07) is 6.60. The van der Waals surface area contributed by atoms with Crippen molar-refractivity contribution < 1.29 is 23.2 Å². The molecular formula is C22H20FN7O4. The Bertz CT molecular complexity index is 1440. The third-order valence-electron chi connectivity index (χ3n) is 5.11. The van der Waals surface area contributed by atoms with Crippen LogP contribution in [0.25, 0.3) is 17.2 Å². The van der Waals surface area contributed by atoms with Crippen LogP contribution in [0.4, 0.5) is 10.1 Å². The average Bonchev–Trinajstić information content (AvgIpc) is 3.44. The van der Waals surface area contributed by atoms with Crippen molar-refractivity contribution in [3.05, 3.63) is 53.4 Å². The molecule has 0 atom stereocenters. The van der Waals surface area contributed by atoms with Crippen LogP contribution in [0, 0.1) is 5.82 Å². The fourth-order valence-corrected chi connectivity index (χ4v) is 3.35. The van der Waals surface area contributed by atoms with Gasteiger partial charge in [0.2, 0.25) is 0 Å². The van der Waals surface area contributed by atoms with E-state index < -0.39 is 11.7 Å². The first-order chi connectivity index (χ1) is 16.2. The molecule has 4 heterocycles. The van der Waals surface area contributed by atoms with Gasteiger partial charge in [-0.1, -0.05) is 32.0 Å². The van der Waals surface area contributed by atoms with E-state index in [9.17, 15) is 14.0 Å². The fraction of sp³-hybridized carbons (Fsp3) is 0.273. The maximum atomic E-state index is 14.3. The molecule has 1 aliphatic heterocycles. The quantitative estimate of drug-likeness (QED) is 0.469. The van der Waals surface area contributed by atoms with Crippen molar-refractivity contribution >= 4 is 23.1 Å². The number of anilines is 1. The molecule has 2 amide bonds. The molecule has 0 radical (unpaired) electrons. The van der Waals surface area contributed by atoms with Gasteiger partial charge in [0.1, 0.15) is 17.1 Å². The van der Waals surface area contributed by atoms with Gasteiger partial charge in [0.05, 0.1) is 11.9 Å². The number of amides is 2. The number of ether oxygens (including phenoxy) is 1. The van der Waals surface area contributed by atoms with E-state index in [0.717, 1.165) is 11.8 Å². The molecule has 1 aromatic carbocycles. The van der Waals surface area contributed by atoms with Crippen LogP contribution in [0.5, 0.6) is 5.75 Å². The summed E-state index contributed by atoms with van der Waals surface area (Å²) >= 11 is 0. The molecule has 12 heteroatoms. The monoisotopic (exact) mass is 465 g/mol. The number of hydrogen-bond acceptors (Lipinski definition) is 8. The lowest BCUT2D eigenvalue weighted by molar-refractivity contribution is -0.118. The van der Waals surface area contributed by atoms with Crippen molar-refractivity contribution in [3.63, 3.8) is 0 Å². The molecule has 0 bridgehead atoms. The smallest absolute Gasteiger partial charge is 0.276 e. The van der Waals surface area contributed by atoms with Crippen molar-refractivity contribution in [3.8, 4) is 17.3 Å². The Morgan fingerprint density at radius 1 is 1.26 bits per heavy atom. The van der Waals surface area contributed by atoms with Crippen LogP contribution in [-0.4, -0.2) is 43.2 Å². The number of aromatic nitrogens is 5. The number of nitrogens with one attached hydrogen (secondary N) is 2. The van der Waals surface area contributed by atoms with Crippen molar-refractivity contribution in [2.75, 3.05) is 11.9 Å². The second-order valence-corrected chi connectivity index (χ2v) is 8.78. The predicted molar refractivity (Wildman–Crippen MR) is 117 cm³/mol. The predicted octanol–water partition coefficient (Wildman–Crippen LogP) is 2.48. The van der Waals surface area contributed by atoms with Crippen LogP contribution in [0.2, 0.25) is 0 Å². The zero-order chi connectivity index (χ0) is 24.0. The average molecular weight is 465 g/mol. The van der Waals surface area contributed by atoms with Gasteiger partial charge >= 0.3 is 0 Å². The summed E-state index contributed by atoms with van der Waals surface area (Å²) in [4.78, 5) is 32.9. The summed E-state index contributed by atoms with van der Waals surface area (Å²) in [6.45, 7) is 5.88. The molecule has 0 unspecified atom stereocenters. The summed E-state index contributed by atoms with van der Waals surface area (Å²) in [5.74, 6) is -0.404. The number of carbonyl (C=O) groups excluding carboxylic acids is 2. The van der Waals surface area contributed by atoms with Gasteiger partial charge < -0.3 is 19.9 Å². The summed E-state index contributed by atoms with van der Waals surface area (Å²) < 4.78 is 26.2. The molecule has 0 saturated carbocycles. The highest BCUT2D eigenvalue weighted by atomic mass is 19.1. The lowest BCUT2D eigenvalue weighted by Gasteiger charge is -2.18. The highest BCUT2D eigenvalue weighted by Crippen LogP contribution is 2.29. The molecule has 2 N–H and O–H groups in total. The van der Waals surface area contributed by atoms with E-state index in [1.54, 1.807) is 18.2 Å². The van der Waals surface area contributed by atoms with Gasteiger partial charge in [0, 0.05) is 18.0 Å². The highest BCUT2D eigenvalue weighted by Gasteiger charge is 2.25. The molecule has 34 heavy (non-hydrogen) atoms. The molecule has 4 aromatic rings. The Morgan fingerprint density at radius 3 is 2.85 bits per heavy atom. The molecule has 11 nitrogen and oxygen atoms in total. The lowest BCUT2D eigenvalue weighted by atomic mass is 9.96. The fourth-order valence-electron chi connectivity index (χ4n) is 3.35. The third-order valence-corrected chi connectivity index (χ3v) is 5.11. The number of hydrogen-bond donors (Lipinski definition) is 2. The number of halogens is 1. The van der Waals surface area contributed by atoms with E-state index in [2.05, 4.69) is 30.9 Å². The minimum absolute atomic E-state index is 0.0397. The lowest BCUT2D eigenvalue weighted by Crippen LogP contribution is -2.26. The molecular weight excluding hydrogens is 445 g/mol. The topological polar surface area (TPSA) is 137 Å². The summed E-state index contributed by atoms with van der Waals surface area (Å²) in [6.07, 6.45) is 0.998. The van der Waals surface area contributed by atoms with E-state index in [1.165, 1.54) is 10.6 Å². The zero-order valence-electron chi connectivity index (χ0n) is 18.5. The van der Waals surface area contributed by atoms with Gasteiger partial charge in [-0.3, -0.25) is 9.59 Å². The molecule has 0 fully saturated rings. The van der Waals surface area contributed by atoms with Gasteiger partial charge in [0.15, 0.2) is 23.9 Å². The number of carbonyl (C=O) groups is 2. The Morgan fingerprint density at radius 2 is 2.09 bits per heavy atom. The Hall–Kier alpha value is -4.35. The van der Waals surface area contributed by atoms with Crippen LogP contribution in [0.15, 0.2) is 35.0 Å². The van der Waals surface area contributed by atoms with Crippen LogP contribution in [-0.2, 0) is 16.8 Å². The number of fused-ring (bicyclic) bond motifs is 2. The van der Waals surface area contributed by atoms with E-state index >= 15 is 0 Å². The Labute approximate surface area is 192 Å². The van der Waals surface area contributed by atoms with Gasteiger partial charge in [0.25, 0.3) is 17.7 Å². The standard InChI is InChI=1S/C22H20FN7O4/c1-22(2,3)21-28-20(34-29-21)15-7-14(27-18-12(23)9-25-30(15)18)19(32)24-8-11-4-5-16-13(6-11)26-17(31)10-33-16/h4-7,9H,8,10H2,1-3H3,(H,24,32)(H,26,31). The van der Waals surface area contributed by atoms with Gasteiger partial charge in [-0.15, -0.1) is 0 Å². The second-order valence-electron chi connectivity index (χ2n) is 8.78. The summed E-state index contributed by atoms with van der Waals surface area (Å²) in [5, 5.41) is 13.4. The van der Waals surface area contributed by atoms with Crippen LogP contribution in [0.3, 0.4) is 0 Å². The molecule has 0 spiro atoms. The number of nitrogens with zero attached hydrogens (tertiary/aromatic N) is 5. The summed E-state index contributed by atoms with van der Waals surface area (Å²) in [7, 11) is 0. The van der Waals surface area contributed by atoms with Gasteiger partial charge in [-0.2, -0.15) is 10.1 Å². The normalized spacial score (nSPS) is 13.4.